The van der Waals surface area contributed by atoms with Gasteiger partial charge in [-0.2, -0.15) is 0 Å². The van der Waals surface area contributed by atoms with Crippen molar-refractivity contribution in [1.29, 1.82) is 0 Å². The van der Waals surface area contributed by atoms with Crippen LogP contribution in [0.4, 0.5) is 9.59 Å². The maximum atomic E-state index is 13.6. The maximum absolute atomic E-state index is 13.6. The molecule has 2 aliphatic heterocycles. The van der Waals surface area contributed by atoms with Crippen molar-refractivity contribution in [2.75, 3.05) is 34.4 Å². The molecule has 0 aliphatic carbocycles. The van der Waals surface area contributed by atoms with Crippen molar-refractivity contribution >= 4 is 35.0 Å². The van der Waals surface area contributed by atoms with Gasteiger partial charge in [0.1, 0.15) is 29.4 Å². The molecule has 4 N–H and O–H groups in total. The van der Waals surface area contributed by atoms with E-state index in [1.165, 1.54) is 14.2 Å². The molecule has 0 bridgehead atoms. The van der Waals surface area contributed by atoms with Gasteiger partial charge < -0.3 is 44.6 Å². The minimum absolute atomic E-state index is 0.124. The lowest BCUT2D eigenvalue weighted by Gasteiger charge is -2.30. The molecule has 4 unspecified atom stereocenters. The monoisotopic (exact) mass is 820 g/mol. The summed E-state index contributed by atoms with van der Waals surface area (Å²) in [6.45, 7) is 8.69. The minimum atomic E-state index is -0.717. The van der Waals surface area contributed by atoms with E-state index in [-0.39, 0.29) is 35.7 Å². The normalized spacial score (nSPS) is 17.6. The Balaban J connectivity index is 1.06. The fourth-order valence-electron chi connectivity index (χ4n) is 8.03. The number of carbonyl (C=O) groups is 4. The molecule has 4 amide bonds. The number of amides is 4. The quantitative estimate of drug-likeness (QED) is 0.112. The fourth-order valence-corrected chi connectivity index (χ4v) is 8.03. The van der Waals surface area contributed by atoms with E-state index < -0.39 is 24.3 Å². The van der Waals surface area contributed by atoms with E-state index >= 15 is 0 Å². The Morgan fingerprint density at radius 3 is 1.63 bits per heavy atom. The van der Waals surface area contributed by atoms with Crippen molar-refractivity contribution in [3.05, 3.63) is 66.5 Å². The lowest BCUT2D eigenvalue weighted by molar-refractivity contribution is -0.136. The topological polar surface area (TPSA) is 210 Å². The molecule has 2 saturated heterocycles. The fraction of sp³-hybridized carbons (Fsp3) is 0.442. The largest absolute Gasteiger partial charge is 0.479 e. The van der Waals surface area contributed by atoms with Crippen LogP contribution in [0.25, 0.3) is 44.8 Å². The number of hydrogen-bond donors (Lipinski definition) is 4. The Morgan fingerprint density at radius 2 is 1.15 bits per heavy atom. The van der Waals surface area contributed by atoms with Crippen LogP contribution in [0.15, 0.2) is 54.9 Å². The van der Waals surface area contributed by atoms with Crippen molar-refractivity contribution in [3.8, 4) is 39.7 Å². The second-order valence-electron chi connectivity index (χ2n) is 15.8. The summed E-state index contributed by atoms with van der Waals surface area (Å²) in [5.41, 5.74) is 6.04. The number of ether oxygens (including phenoxy) is 3. The molecule has 17 heteroatoms. The van der Waals surface area contributed by atoms with Crippen molar-refractivity contribution in [3.63, 3.8) is 0 Å². The molecular weight excluding hydrogens is 769 g/mol. The van der Waals surface area contributed by atoms with Crippen LogP contribution in [0, 0.1) is 11.8 Å². The molecule has 0 saturated carbocycles. The van der Waals surface area contributed by atoms with E-state index in [2.05, 4.69) is 30.6 Å². The average Bonchev–Trinajstić information content (AvgIpc) is 4.10. The average molecular weight is 821 g/mol. The molecule has 2 aromatic carbocycles. The molecule has 0 radical (unpaired) electrons. The number of nitrogens with one attached hydrogen (secondary N) is 4. The van der Waals surface area contributed by atoms with Gasteiger partial charge in [-0.15, -0.1) is 0 Å². The Bertz CT molecular complexity index is 2360. The third kappa shape index (κ3) is 8.47. The number of alkyl carbamates (subject to hydrolysis) is 2. The first-order valence-corrected chi connectivity index (χ1v) is 20.3. The molecule has 2 fully saturated rings. The smallest absolute Gasteiger partial charge is 0.407 e. The number of nitrogens with zero attached hydrogens (tertiary/aromatic N) is 6. The highest BCUT2D eigenvalue weighted by Gasteiger charge is 2.39. The van der Waals surface area contributed by atoms with Gasteiger partial charge in [0.2, 0.25) is 17.7 Å². The standard InChI is InChI=1S/C43H52N10O7/c1-23(2)34(50-42(56)59-6)40(54)52-18-8-10-32(52)37-44-21-30(47-37)25-12-14-26(15-13-25)36-39(58-5)49-29-20-27(16-17-28(29)46-36)31-22-45-38(48-31)33-11-9-19-53(33)41(55)35(24(3)4)51-43(57)60-7/h12-17,20-24,32-35H,8-11,18-19H2,1-7H3,(H,44,47)(H,45,48)(H,50,56)(H,51,57). The molecule has 60 heavy (non-hydrogen) atoms. The molecule has 4 atom stereocenters. The zero-order valence-corrected chi connectivity index (χ0v) is 34.9. The zero-order valence-electron chi connectivity index (χ0n) is 34.9. The molecule has 7 rings (SSSR count). The number of aromatic amines is 2. The van der Waals surface area contributed by atoms with Crippen LogP contribution >= 0.6 is 0 Å². The first kappa shape index (κ1) is 41.6. The molecule has 3 aromatic heterocycles. The van der Waals surface area contributed by atoms with Gasteiger partial charge in [0.25, 0.3) is 0 Å². The van der Waals surface area contributed by atoms with Crippen molar-refractivity contribution in [2.45, 2.75) is 77.5 Å². The van der Waals surface area contributed by atoms with E-state index in [9.17, 15) is 19.2 Å². The summed E-state index contributed by atoms with van der Waals surface area (Å²) in [4.78, 5) is 80.7. The predicted molar refractivity (Wildman–Crippen MR) is 222 cm³/mol. The van der Waals surface area contributed by atoms with E-state index in [4.69, 9.17) is 24.2 Å². The van der Waals surface area contributed by atoms with Crippen molar-refractivity contribution < 1.29 is 33.4 Å². The number of H-pyrrole nitrogens is 2. The number of hydrogen-bond acceptors (Lipinski definition) is 11. The molecule has 2 aliphatic rings. The van der Waals surface area contributed by atoms with Crippen molar-refractivity contribution in [2.24, 2.45) is 11.8 Å². The Kier molecular flexibility index (Phi) is 12.3. The van der Waals surface area contributed by atoms with E-state index in [0.717, 1.165) is 53.8 Å². The summed E-state index contributed by atoms with van der Waals surface area (Å²) in [5.74, 6) is 1.15. The summed E-state index contributed by atoms with van der Waals surface area (Å²) in [6, 6.07) is 11.7. The lowest BCUT2D eigenvalue weighted by atomic mass is 10.0. The molecule has 316 valence electrons. The van der Waals surface area contributed by atoms with Gasteiger partial charge in [-0.25, -0.2) is 29.5 Å². The molecule has 17 nitrogen and oxygen atoms in total. The number of likely N-dealkylation sites (tertiary alicyclic amines) is 2. The molecule has 5 aromatic rings. The molecular formula is C43H52N10O7. The van der Waals surface area contributed by atoms with Crippen LogP contribution in [0.3, 0.4) is 0 Å². The summed E-state index contributed by atoms with van der Waals surface area (Å²) in [5, 5.41) is 5.38. The summed E-state index contributed by atoms with van der Waals surface area (Å²) >= 11 is 0. The first-order valence-electron chi connectivity index (χ1n) is 20.3. The van der Waals surface area contributed by atoms with Crippen LogP contribution in [0.2, 0.25) is 0 Å². The summed E-state index contributed by atoms with van der Waals surface area (Å²) in [6.07, 6.45) is 5.38. The van der Waals surface area contributed by atoms with Gasteiger partial charge in [0.15, 0.2) is 0 Å². The van der Waals surface area contributed by atoms with Crippen LogP contribution in [-0.4, -0.2) is 110 Å². The van der Waals surface area contributed by atoms with Crippen LogP contribution in [0.5, 0.6) is 5.88 Å². The van der Waals surface area contributed by atoms with Gasteiger partial charge in [-0.3, -0.25) is 9.59 Å². The van der Waals surface area contributed by atoms with Gasteiger partial charge in [0, 0.05) is 24.2 Å². The minimum Gasteiger partial charge on any atom is -0.479 e. The van der Waals surface area contributed by atoms with Crippen LogP contribution in [-0.2, 0) is 19.1 Å². The number of carbonyl (C=O) groups excluding carboxylic acids is 4. The third-order valence-corrected chi connectivity index (χ3v) is 11.3. The molecule has 5 heterocycles. The highest BCUT2D eigenvalue weighted by atomic mass is 16.5. The highest BCUT2D eigenvalue weighted by Crippen LogP contribution is 2.36. The summed E-state index contributed by atoms with van der Waals surface area (Å²) < 4.78 is 15.3. The molecule has 0 spiro atoms. The lowest BCUT2D eigenvalue weighted by Crippen LogP contribution is -2.51. The number of imidazole rings is 2. The second kappa shape index (κ2) is 17.8. The predicted octanol–water partition coefficient (Wildman–Crippen LogP) is 6.17. The SMILES string of the molecule is COC(=O)NC(C(=O)N1CCCC1c1ncc(-c2ccc(-c3nc4ccc(-c5cnc(C6CCCN6C(=O)C(NC(=O)OC)C(C)C)[nH]5)cc4nc3OC)cc2)[nH]1)C(C)C. The van der Waals surface area contributed by atoms with Crippen molar-refractivity contribution in [1.82, 2.24) is 50.3 Å². The number of benzene rings is 2. The highest BCUT2D eigenvalue weighted by molar-refractivity contribution is 5.88. The second-order valence-corrected chi connectivity index (χ2v) is 15.8. The summed E-state index contributed by atoms with van der Waals surface area (Å²) in [7, 11) is 4.13. The van der Waals surface area contributed by atoms with E-state index in [1.54, 1.807) is 29.3 Å². The number of rotatable bonds is 12. The van der Waals surface area contributed by atoms with Gasteiger partial charge >= 0.3 is 12.2 Å². The van der Waals surface area contributed by atoms with Crippen LogP contribution < -0.4 is 15.4 Å². The number of fused-ring (bicyclic) bond motifs is 1. The Hall–Kier alpha value is -6.52. The first-order chi connectivity index (χ1) is 28.9. The third-order valence-electron chi connectivity index (χ3n) is 11.3. The van der Waals surface area contributed by atoms with E-state index in [1.807, 2.05) is 70.2 Å². The number of methoxy groups -OCH3 is 3. The van der Waals surface area contributed by atoms with E-state index in [0.29, 0.717) is 47.3 Å². The van der Waals surface area contributed by atoms with Gasteiger partial charge in [0.05, 0.1) is 68.2 Å². The number of aromatic nitrogens is 6. The Morgan fingerprint density at radius 1 is 0.667 bits per heavy atom. The Labute approximate surface area is 348 Å². The maximum Gasteiger partial charge on any atom is 0.407 e. The van der Waals surface area contributed by atoms with Crippen LogP contribution in [0.1, 0.15) is 77.1 Å². The van der Waals surface area contributed by atoms with Gasteiger partial charge in [-0.1, -0.05) is 58.0 Å². The zero-order chi connectivity index (χ0) is 42.7. The van der Waals surface area contributed by atoms with Gasteiger partial charge in [-0.05, 0) is 55.2 Å².